The highest BCUT2D eigenvalue weighted by molar-refractivity contribution is 5.96. The zero-order valence-corrected chi connectivity index (χ0v) is 12.6. The summed E-state index contributed by atoms with van der Waals surface area (Å²) < 4.78 is 0. The number of carbonyl (C=O) groups excluding carboxylic acids is 2. The molecule has 6 heteroatoms. The number of hydrogen-bond acceptors (Lipinski definition) is 3. The highest BCUT2D eigenvalue weighted by atomic mass is 16.4. The van der Waals surface area contributed by atoms with Gasteiger partial charge in [-0.3, -0.25) is 9.59 Å². The second-order valence-electron chi connectivity index (χ2n) is 5.57. The summed E-state index contributed by atoms with van der Waals surface area (Å²) >= 11 is 0. The van der Waals surface area contributed by atoms with E-state index in [1.807, 2.05) is 0 Å². The maximum Gasteiger partial charge on any atom is 0.335 e. The molecule has 22 heavy (non-hydrogen) atoms. The summed E-state index contributed by atoms with van der Waals surface area (Å²) in [6.45, 7) is 2.37. The standard InChI is InChI=1S/C16H20N2O4/c1-11-7-12(16(21)22)9-13(8-11)17-14(19)10-18-6-4-2-3-5-15(18)20/h7-9H,2-6,10H2,1H3,(H,17,19)(H,21,22). The Morgan fingerprint density at radius 1 is 1.23 bits per heavy atom. The molecule has 0 aliphatic carbocycles. The third kappa shape index (κ3) is 4.31. The molecule has 0 unspecified atom stereocenters. The fourth-order valence-electron chi connectivity index (χ4n) is 2.56. The number of rotatable bonds is 4. The van der Waals surface area contributed by atoms with E-state index in [9.17, 15) is 14.4 Å². The third-order valence-electron chi connectivity index (χ3n) is 3.61. The predicted octanol–water partition coefficient (Wildman–Crippen LogP) is 2.03. The van der Waals surface area contributed by atoms with Crippen LogP contribution >= 0.6 is 0 Å². The average Bonchev–Trinajstić information content (AvgIpc) is 2.63. The van der Waals surface area contributed by atoms with E-state index in [1.165, 1.54) is 12.1 Å². The lowest BCUT2D eigenvalue weighted by molar-refractivity contribution is -0.134. The minimum absolute atomic E-state index is 0.00289. The molecule has 2 N–H and O–H groups in total. The van der Waals surface area contributed by atoms with E-state index in [4.69, 9.17) is 5.11 Å². The summed E-state index contributed by atoms with van der Waals surface area (Å²) in [5.41, 5.74) is 1.31. The van der Waals surface area contributed by atoms with Crippen LogP contribution in [-0.4, -0.2) is 40.9 Å². The Balaban J connectivity index is 2.02. The van der Waals surface area contributed by atoms with Gasteiger partial charge in [0, 0.05) is 18.7 Å². The molecule has 0 spiro atoms. The minimum atomic E-state index is -1.04. The Hall–Kier alpha value is -2.37. The van der Waals surface area contributed by atoms with Crippen molar-refractivity contribution in [3.8, 4) is 0 Å². The van der Waals surface area contributed by atoms with E-state index in [1.54, 1.807) is 17.9 Å². The molecule has 0 radical (unpaired) electrons. The van der Waals surface area contributed by atoms with Crippen molar-refractivity contribution in [2.24, 2.45) is 0 Å². The van der Waals surface area contributed by atoms with Crippen molar-refractivity contribution >= 4 is 23.5 Å². The van der Waals surface area contributed by atoms with Crippen LogP contribution in [0.2, 0.25) is 0 Å². The summed E-state index contributed by atoms with van der Waals surface area (Å²) in [7, 11) is 0. The van der Waals surface area contributed by atoms with Gasteiger partial charge in [-0.1, -0.05) is 6.42 Å². The third-order valence-corrected chi connectivity index (χ3v) is 3.61. The molecule has 0 atom stereocenters. The van der Waals surface area contributed by atoms with E-state index in [2.05, 4.69) is 5.32 Å². The smallest absolute Gasteiger partial charge is 0.335 e. The Kier molecular flexibility index (Phi) is 5.14. The quantitative estimate of drug-likeness (QED) is 0.891. The lowest BCUT2D eigenvalue weighted by Gasteiger charge is -2.20. The molecule has 0 aromatic heterocycles. The molecule has 118 valence electrons. The van der Waals surface area contributed by atoms with Crippen LogP contribution in [0, 0.1) is 6.92 Å². The number of aryl methyl sites for hydroxylation is 1. The van der Waals surface area contributed by atoms with Crippen LogP contribution in [0.4, 0.5) is 5.69 Å². The highest BCUT2D eigenvalue weighted by Crippen LogP contribution is 2.15. The first-order chi connectivity index (χ1) is 10.5. The second-order valence-corrected chi connectivity index (χ2v) is 5.57. The van der Waals surface area contributed by atoms with Crippen LogP contribution in [0.25, 0.3) is 0 Å². The van der Waals surface area contributed by atoms with Crippen molar-refractivity contribution in [3.63, 3.8) is 0 Å². The average molecular weight is 304 g/mol. The molecule has 1 aromatic rings. The SMILES string of the molecule is Cc1cc(NC(=O)CN2CCCCCC2=O)cc(C(=O)O)c1. The van der Waals surface area contributed by atoms with Gasteiger partial charge >= 0.3 is 5.97 Å². The van der Waals surface area contributed by atoms with Gasteiger partial charge in [-0.15, -0.1) is 0 Å². The normalized spacial score (nSPS) is 15.3. The number of likely N-dealkylation sites (tertiary alicyclic amines) is 1. The number of anilines is 1. The van der Waals surface area contributed by atoms with E-state index in [0.717, 1.165) is 24.8 Å². The summed E-state index contributed by atoms with van der Waals surface area (Å²) in [5.74, 6) is -1.35. The molecule has 1 aromatic carbocycles. The van der Waals surface area contributed by atoms with Gasteiger partial charge in [-0.05, 0) is 43.5 Å². The van der Waals surface area contributed by atoms with Crippen molar-refractivity contribution in [2.75, 3.05) is 18.4 Å². The number of carboxylic acids is 1. The van der Waals surface area contributed by atoms with E-state index in [-0.39, 0.29) is 23.9 Å². The summed E-state index contributed by atoms with van der Waals surface area (Å²) in [4.78, 5) is 36.5. The highest BCUT2D eigenvalue weighted by Gasteiger charge is 2.19. The molecule has 1 saturated heterocycles. The predicted molar refractivity (Wildman–Crippen MR) is 81.8 cm³/mol. The van der Waals surface area contributed by atoms with Crippen molar-refractivity contribution in [2.45, 2.75) is 32.6 Å². The molecule has 2 amide bonds. The number of nitrogens with zero attached hydrogens (tertiary/aromatic N) is 1. The van der Waals surface area contributed by atoms with Crippen LogP contribution in [-0.2, 0) is 9.59 Å². The molecule has 2 rings (SSSR count). The maximum atomic E-state index is 12.1. The van der Waals surface area contributed by atoms with Gasteiger partial charge in [0.25, 0.3) is 0 Å². The first-order valence-electron chi connectivity index (χ1n) is 7.38. The molecule has 0 saturated carbocycles. The number of carboxylic acid groups (broad SMARTS) is 1. The van der Waals surface area contributed by atoms with Gasteiger partial charge in [0.1, 0.15) is 0 Å². The molecular weight excluding hydrogens is 284 g/mol. The van der Waals surface area contributed by atoms with Gasteiger partial charge < -0.3 is 15.3 Å². The van der Waals surface area contributed by atoms with Crippen LogP contribution in [0.15, 0.2) is 18.2 Å². The fraction of sp³-hybridized carbons (Fsp3) is 0.438. The van der Waals surface area contributed by atoms with Crippen molar-refractivity contribution in [1.29, 1.82) is 0 Å². The molecule has 1 aliphatic rings. The van der Waals surface area contributed by atoms with Gasteiger partial charge in [-0.25, -0.2) is 4.79 Å². The molecule has 0 bridgehead atoms. The van der Waals surface area contributed by atoms with Gasteiger partial charge in [0.15, 0.2) is 0 Å². The number of carbonyl (C=O) groups is 3. The molecule has 1 aliphatic heterocycles. The fourth-order valence-corrected chi connectivity index (χ4v) is 2.56. The lowest BCUT2D eigenvalue weighted by Crippen LogP contribution is -2.37. The van der Waals surface area contributed by atoms with Crippen molar-refractivity contribution in [3.05, 3.63) is 29.3 Å². The summed E-state index contributed by atoms with van der Waals surface area (Å²) in [6, 6.07) is 4.66. The Morgan fingerprint density at radius 3 is 2.73 bits per heavy atom. The summed E-state index contributed by atoms with van der Waals surface area (Å²) in [5, 5.41) is 11.7. The first-order valence-corrected chi connectivity index (χ1v) is 7.38. The minimum Gasteiger partial charge on any atom is -0.478 e. The van der Waals surface area contributed by atoms with E-state index >= 15 is 0 Å². The number of amides is 2. The van der Waals surface area contributed by atoms with E-state index < -0.39 is 5.97 Å². The molecule has 6 nitrogen and oxygen atoms in total. The molecular formula is C16H20N2O4. The second kappa shape index (κ2) is 7.06. The Morgan fingerprint density at radius 2 is 2.00 bits per heavy atom. The van der Waals surface area contributed by atoms with Crippen molar-refractivity contribution < 1.29 is 19.5 Å². The van der Waals surface area contributed by atoms with Crippen LogP contribution in [0.5, 0.6) is 0 Å². The van der Waals surface area contributed by atoms with Crippen LogP contribution in [0.3, 0.4) is 0 Å². The first kappa shape index (κ1) is 16.0. The number of aromatic carboxylic acids is 1. The largest absolute Gasteiger partial charge is 0.478 e. The number of benzene rings is 1. The zero-order valence-electron chi connectivity index (χ0n) is 12.6. The summed E-state index contributed by atoms with van der Waals surface area (Å²) in [6.07, 6.45) is 3.27. The number of nitrogens with one attached hydrogen (secondary N) is 1. The van der Waals surface area contributed by atoms with Crippen LogP contribution in [0.1, 0.15) is 41.6 Å². The monoisotopic (exact) mass is 304 g/mol. The maximum absolute atomic E-state index is 12.1. The van der Waals surface area contributed by atoms with Crippen molar-refractivity contribution in [1.82, 2.24) is 4.90 Å². The topological polar surface area (TPSA) is 86.7 Å². The van der Waals surface area contributed by atoms with Gasteiger partial charge in [0.2, 0.25) is 11.8 Å². The lowest BCUT2D eigenvalue weighted by atomic mass is 10.1. The molecule has 1 heterocycles. The Bertz CT molecular complexity index is 598. The van der Waals surface area contributed by atoms with Gasteiger partial charge in [-0.2, -0.15) is 0 Å². The van der Waals surface area contributed by atoms with E-state index in [0.29, 0.717) is 18.7 Å². The van der Waals surface area contributed by atoms with Crippen LogP contribution < -0.4 is 5.32 Å². The number of hydrogen-bond donors (Lipinski definition) is 2. The molecule has 1 fully saturated rings. The Labute approximate surface area is 129 Å². The van der Waals surface area contributed by atoms with Gasteiger partial charge in [0.05, 0.1) is 12.1 Å². The zero-order chi connectivity index (χ0) is 16.1.